The summed E-state index contributed by atoms with van der Waals surface area (Å²) < 4.78 is 0. The molecule has 1 atom stereocenters. The Hall–Kier alpha value is -3.76. The number of aromatic nitrogens is 1. The van der Waals surface area contributed by atoms with Gasteiger partial charge in [-0.1, -0.05) is 72.8 Å². The van der Waals surface area contributed by atoms with Crippen molar-refractivity contribution in [2.45, 2.75) is 20.0 Å². The Bertz CT molecular complexity index is 1340. The van der Waals surface area contributed by atoms with Crippen molar-refractivity contribution in [3.8, 4) is 0 Å². The molecule has 1 aliphatic rings. The molecule has 5 rings (SSSR count). The number of benzene rings is 3. The van der Waals surface area contributed by atoms with E-state index in [1.165, 1.54) is 16.0 Å². The summed E-state index contributed by atoms with van der Waals surface area (Å²) >= 11 is 0. The number of para-hydroxylation sites is 1. The van der Waals surface area contributed by atoms with E-state index in [0.717, 1.165) is 35.5 Å². The number of aryl methyl sites for hydroxylation is 1. The van der Waals surface area contributed by atoms with Gasteiger partial charge in [0, 0.05) is 27.6 Å². The Labute approximate surface area is 187 Å². The highest BCUT2D eigenvalue weighted by Crippen LogP contribution is 2.30. The van der Waals surface area contributed by atoms with Crippen LogP contribution >= 0.6 is 0 Å². The second-order valence-corrected chi connectivity index (χ2v) is 8.41. The molecule has 0 bridgehead atoms. The third-order valence-corrected chi connectivity index (χ3v) is 6.18. The number of aromatic carboxylic acids is 1. The van der Waals surface area contributed by atoms with Gasteiger partial charge in [0.1, 0.15) is 19.6 Å². The lowest BCUT2D eigenvalue weighted by Crippen LogP contribution is -3.10. The molecule has 1 unspecified atom stereocenters. The molecule has 0 radical (unpaired) electrons. The number of carbonyl (C=O) groups is 1. The molecule has 0 aliphatic carbocycles. The Kier molecular flexibility index (Phi) is 5.29. The van der Waals surface area contributed by atoms with Crippen LogP contribution in [0.1, 0.15) is 38.3 Å². The van der Waals surface area contributed by atoms with Gasteiger partial charge in [0.15, 0.2) is 0 Å². The van der Waals surface area contributed by atoms with Crippen molar-refractivity contribution in [3.63, 3.8) is 0 Å². The molecule has 4 aromatic rings. The molecule has 1 aliphatic heterocycles. The van der Waals surface area contributed by atoms with Crippen LogP contribution in [0.25, 0.3) is 22.6 Å². The van der Waals surface area contributed by atoms with Crippen LogP contribution in [0.5, 0.6) is 0 Å². The second kappa shape index (κ2) is 8.40. The molecule has 0 amide bonds. The third kappa shape index (κ3) is 3.81. The molecule has 0 saturated heterocycles. The van der Waals surface area contributed by atoms with Crippen LogP contribution in [0.4, 0.5) is 0 Å². The molecule has 4 nitrogen and oxygen atoms in total. The number of carboxylic acid groups (broad SMARTS) is 1. The number of hydrogen-bond donors (Lipinski definition) is 1. The first kappa shape index (κ1) is 20.2. The molecule has 158 valence electrons. The molecular weight excluding hydrogens is 396 g/mol. The Balaban J connectivity index is 1.70. The van der Waals surface area contributed by atoms with E-state index >= 15 is 0 Å². The van der Waals surface area contributed by atoms with E-state index in [4.69, 9.17) is 4.98 Å². The van der Waals surface area contributed by atoms with Crippen molar-refractivity contribution < 1.29 is 14.8 Å². The molecule has 0 fully saturated rings. The van der Waals surface area contributed by atoms with E-state index in [9.17, 15) is 9.90 Å². The molecule has 2 heterocycles. The number of nitrogens with zero attached hydrogens (tertiary/aromatic N) is 1. The summed E-state index contributed by atoms with van der Waals surface area (Å²) in [5.41, 5.74) is 7.09. The zero-order chi connectivity index (χ0) is 22.1. The standard InChI is InChI=1S/C28H24N2O2/c1-19-9-5-6-12-21(19)15-22-17-30(16-20-10-3-2-4-11-20)18-24-26(28(31)32)23-13-7-8-14-25(23)29-27(22)24/h2-15H,16-18H2,1H3,(H,31,32)/b22-15+. The van der Waals surface area contributed by atoms with Crippen LogP contribution in [0, 0.1) is 6.92 Å². The van der Waals surface area contributed by atoms with E-state index in [-0.39, 0.29) is 5.56 Å². The van der Waals surface area contributed by atoms with Crippen molar-refractivity contribution in [1.82, 2.24) is 4.98 Å². The maximum Gasteiger partial charge on any atom is 0.106 e. The molecule has 32 heavy (non-hydrogen) atoms. The third-order valence-electron chi connectivity index (χ3n) is 6.18. The molecule has 1 aromatic heterocycles. The van der Waals surface area contributed by atoms with Gasteiger partial charge in [-0.3, -0.25) is 0 Å². The van der Waals surface area contributed by atoms with Gasteiger partial charge >= 0.3 is 0 Å². The van der Waals surface area contributed by atoms with Crippen LogP contribution in [0.3, 0.4) is 0 Å². The monoisotopic (exact) mass is 420 g/mol. The Morgan fingerprint density at radius 1 is 0.969 bits per heavy atom. The van der Waals surface area contributed by atoms with E-state index in [0.29, 0.717) is 17.4 Å². The summed E-state index contributed by atoms with van der Waals surface area (Å²) in [6, 6.07) is 26.0. The summed E-state index contributed by atoms with van der Waals surface area (Å²) in [7, 11) is 0. The van der Waals surface area contributed by atoms with Crippen LogP contribution in [-0.2, 0) is 13.1 Å². The minimum absolute atomic E-state index is 0.270. The average Bonchev–Trinajstić information content (AvgIpc) is 2.80. The van der Waals surface area contributed by atoms with Gasteiger partial charge in [0.25, 0.3) is 0 Å². The highest BCUT2D eigenvalue weighted by molar-refractivity contribution is 6.05. The molecular formula is C28H24N2O2. The van der Waals surface area contributed by atoms with Gasteiger partial charge < -0.3 is 14.8 Å². The van der Waals surface area contributed by atoms with Gasteiger partial charge in [-0.05, 0) is 30.2 Å². The number of carboxylic acids is 1. The maximum absolute atomic E-state index is 12.3. The number of hydrogen-bond acceptors (Lipinski definition) is 3. The second-order valence-electron chi connectivity index (χ2n) is 8.41. The van der Waals surface area contributed by atoms with E-state index in [1.807, 2.05) is 54.6 Å². The SMILES string of the molecule is Cc1ccccc1/C=C1\C[NH+](Cc2ccccc2)Cc2c1nc1ccccc1c2C(=O)[O-]. The minimum atomic E-state index is -1.14. The normalized spacial score (nSPS) is 16.8. The summed E-state index contributed by atoms with van der Waals surface area (Å²) in [6.07, 6.45) is 2.17. The highest BCUT2D eigenvalue weighted by Gasteiger charge is 2.29. The van der Waals surface area contributed by atoms with Crippen molar-refractivity contribution in [2.75, 3.05) is 6.54 Å². The zero-order valence-corrected chi connectivity index (χ0v) is 18.0. The first-order valence-electron chi connectivity index (χ1n) is 10.9. The number of fused-ring (bicyclic) bond motifs is 2. The van der Waals surface area contributed by atoms with Crippen LogP contribution in [-0.4, -0.2) is 17.5 Å². The summed E-state index contributed by atoms with van der Waals surface area (Å²) in [5.74, 6) is -1.14. The number of carbonyl (C=O) groups excluding carboxylic acids is 1. The van der Waals surface area contributed by atoms with E-state index in [1.54, 1.807) is 0 Å². The zero-order valence-electron chi connectivity index (χ0n) is 18.0. The number of rotatable bonds is 4. The van der Waals surface area contributed by atoms with Crippen molar-refractivity contribution in [2.24, 2.45) is 0 Å². The fourth-order valence-electron chi connectivity index (χ4n) is 4.65. The molecule has 4 heteroatoms. The summed E-state index contributed by atoms with van der Waals surface area (Å²) in [5, 5.41) is 12.9. The van der Waals surface area contributed by atoms with Crippen LogP contribution in [0.2, 0.25) is 0 Å². The minimum Gasteiger partial charge on any atom is -0.545 e. The predicted molar refractivity (Wildman–Crippen MR) is 125 cm³/mol. The fraction of sp³-hybridized carbons (Fsp3) is 0.143. The lowest BCUT2D eigenvalue weighted by molar-refractivity contribution is -0.921. The molecule has 0 spiro atoms. The van der Waals surface area contributed by atoms with Crippen molar-refractivity contribution >= 4 is 28.5 Å². The van der Waals surface area contributed by atoms with Gasteiger partial charge in [0.05, 0.1) is 17.2 Å². The number of pyridine rings is 1. The molecule has 1 N–H and O–H groups in total. The van der Waals surface area contributed by atoms with Crippen LogP contribution in [0.15, 0.2) is 78.9 Å². The first-order chi connectivity index (χ1) is 15.6. The van der Waals surface area contributed by atoms with E-state index < -0.39 is 5.97 Å². The Morgan fingerprint density at radius 3 is 2.47 bits per heavy atom. The van der Waals surface area contributed by atoms with Crippen molar-refractivity contribution in [3.05, 3.63) is 112 Å². The topological polar surface area (TPSA) is 57.5 Å². The number of nitrogens with one attached hydrogen (secondary N) is 1. The van der Waals surface area contributed by atoms with E-state index in [2.05, 4.69) is 37.3 Å². The first-order valence-corrected chi connectivity index (χ1v) is 10.9. The van der Waals surface area contributed by atoms with Gasteiger partial charge in [-0.2, -0.15) is 0 Å². The molecule has 3 aromatic carbocycles. The number of quaternary nitrogens is 1. The lowest BCUT2D eigenvalue weighted by atomic mass is 9.91. The summed E-state index contributed by atoms with van der Waals surface area (Å²) in [4.78, 5) is 18.5. The average molecular weight is 421 g/mol. The van der Waals surface area contributed by atoms with Crippen LogP contribution < -0.4 is 10.0 Å². The highest BCUT2D eigenvalue weighted by atomic mass is 16.4. The quantitative estimate of drug-likeness (QED) is 0.552. The maximum atomic E-state index is 12.3. The largest absolute Gasteiger partial charge is 0.545 e. The smallest absolute Gasteiger partial charge is 0.106 e. The predicted octanol–water partition coefficient (Wildman–Crippen LogP) is 3.05. The summed E-state index contributed by atoms with van der Waals surface area (Å²) in [6.45, 7) is 4.26. The van der Waals surface area contributed by atoms with Gasteiger partial charge in [-0.25, -0.2) is 4.98 Å². The molecule has 0 saturated carbocycles. The fourth-order valence-corrected chi connectivity index (χ4v) is 4.65. The van der Waals surface area contributed by atoms with Gasteiger partial charge in [0.2, 0.25) is 0 Å². The van der Waals surface area contributed by atoms with Gasteiger partial charge in [-0.15, -0.1) is 0 Å². The lowest BCUT2D eigenvalue weighted by Gasteiger charge is -2.30. The Morgan fingerprint density at radius 2 is 1.69 bits per heavy atom. The van der Waals surface area contributed by atoms with Crippen molar-refractivity contribution in [1.29, 1.82) is 0 Å².